The Morgan fingerprint density at radius 2 is 1.37 bits per heavy atom. The lowest BCUT2D eigenvalue weighted by molar-refractivity contribution is -0.196. The molecule has 1 saturated carbocycles. The summed E-state index contributed by atoms with van der Waals surface area (Å²) in [6, 6.07) is 48.0. The number of fused-ring (bicyclic) bond motifs is 1. The van der Waals surface area contributed by atoms with Crippen LogP contribution in [-0.4, -0.2) is 72.1 Å². The molecule has 9 rings (SSSR count). The number of halogens is 1. The van der Waals surface area contributed by atoms with E-state index in [-0.39, 0.29) is 17.1 Å². The van der Waals surface area contributed by atoms with E-state index in [1.54, 1.807) is 26.2 Å². The Morgan fingerprint density at radius 1 is 0.831 bits per heavy atom. The van der Waals surface area contributed by atoms with Crippen molar-refractivity contribution in [2.24, 2.45) is 5.16 Å². The van der Waals surface area contributed by atoms with Crippen LogP contribution in [0.25, 0.3) is 0 Å². The van der Waals surface area contributed by atoms with Crippen molar-refractivity contribution in [3.8, 4) is 0 Å². The van der Waals surface area contributed by atoms with Crippen LogP contribution in [-0.2, 0) is 39.0 Å². The normalized spacial score (nSPS) is 17.7. The van der Waals surface area contributed by atoms with Crippen LogP contribution >= 0.6 is 45.7 Å². The second-order valence-corrected chi connectivity index (χ2v) is 21.1. The minimum Gasteiger partial charge on any atom is -0.457 e. The van der Waals surface area contributed by atoms with Crippen LogP contribution in [0.4, 0.5) is 5.13 Å². The second-order valence-electron chi connectivity index (χ2n) is 18.3. The van der Waals surface area contributed by atoms with Crippen LogP contribution in [0.5, 0.6) is 0 Å². The van der Waals surface area contributed by atoms with Gasteiger partial charge in [-0.15, -0.1) is 23.1 Å². The number of ether oxygens (including phenoxy) is 2. The molecule has 362 valence electrons. The molecule has 12 nitrogen and oxygen atoms in total. The molecule has 0 radical (unpaired) electrons. The van der Waals surface area contributed by atoms with Gasteiger partial charge in [0.1, 0.15) is 33.9 Å². The third-order valence-corrected chi connectivity index (χ3v) is 15.0. The first-order valence-electron chi connectivity index (χ1n) is 23.3. The summed E-state index contributed by atoms with van der Waals surface area (Å²) in [4.78, 5) is 70.0. The third kappa shape index (κ3) is 10.4. The van der Waals surface area contributed by atoms with Gasteiger partial charge in [-0.2, -0.15) is 0 Å². The van der Waals surface area contributed by atoms with E-state index >= 15 is 0 Å². The van der Waals surface area contributed by atoms with Gasteiger partial charge in [-0.3, -0.25) is 14.5 Å². The molecule has 0 bridgehead atoms. The predicted octanol–water partition coefficient (Wildman–Crippen LogP) is 10.5. The molecule has 2 aliphatic heterocycles. The Labute approximate surface area is 435 Å². The summed E-state index contributed by atoms with van der Waals surface area (Å²) in [6.45, 7) is 5.33. The van der Waals surface area contributed by atoms with Crippen molar-refractivity contribution in [3.63, 3.8) is 0 Å². The average molecular weight is 1100 g/mol. The Bertz CT molecular complexity index is 2830. The van der Waals surface area contributed by atoms with Crippen LogP contribution < -0.4 is 10.6 Å². The maximum Gasteiger partial charge on any atom is 0.356 e. The van der Waals surface area contributed by atoms with Crippen molar-refractivity contribution in [2.75, 3.05) is 15.5 Å². The second kappa shape index (κ2) is 21.4. The van der Waals surface area contributed by atoms with Gasteiger partial charge in [0.15, 0.2) is 16.9 Å². The lowest BCUT2D eigenvalue weighted by atomic mass is 9.77. The third-order valence-electron chi connectivity index (χ3n) is 12.4. The first-order valence-corrected chi connectivity index (χ1v) is 26.8. The number of allylic oxidation sites excluding steroid dienone is 2. The highest BCUT2D eigenvalue weighted by Crippen LogP contribution is 2.44. The van der Waals surface area contributed by atoms with Crippen LogP contribution in [0, 0.1) is 0 Å². The van der Waals surface area contributed by atoms with Crippen molar-refractivity contribution < 1.29 is 33.5 Å². The summed E-state index contributed by atoms with van der Waals surface area (Å²) >= 11 is 4.92. The fourth-order valence-electron chi connectivity index (χ4n) is 8.82. The van der Waals surface area contributed by atoms with Gasteiger partial charge in [-0.25, -0.2) is 14.6 Å². The van der Waals surface area contributed by atoms with E-state index in [9.17, 15) is 19.2 Å². The Hall–Kier alpha value is -6.56. The number of nitrogens with one attached hydrogen (secondary N) is 2. The Balaban J connectivity index is 1.04. The van der Waals surface area contributed by atoms with Gasteiger partial charge in [0.05, 0.1) is 0 Å². The van der Waals surface area contributed by atoms with Crippen molar-refractivity contribution in [1.82, 2.24) is 15.2 Å². The lowest BCUT2D eigenvalue weighted by Gasteiger charge is -2.49. The van der Waals surface area contributed by atoms with Gasteiger partial charge in [0.2, 0.25) is 5.60 Å². The van der Waals surface area contributed by atoms with E-state index in [1.165, 1.54) is 28.0 Å². The molecule has 2 amide bonds. The zero-order valence-electron chi connectivity index (χ0n) is 39.3. The predicted molar refractivity (Wildman–Crippen MR) is 286 cm³/mol. The van der Waals surface area contributed by atoms with E-state index in [0.717, 1.165) is 27.8 Å². The molecule has 1 aliphatic carbocycles. The first kappa shape index (κ1) is 49.4. The van der Waals surface area contributed by atoms with Crippen LogP contribution in [0.3, 0.4) is 0 Å². The maximum atomic E-state index is 14.8. The quantitative estimate of drug-likeness (QED) is 0.0172. The number of β-lactam (4-membered cyclic amide) rings is 1. The number of thiazole rings is 1. The number of amides is 2. The highest BCUT2D eigenvalue weighted by Gasteiger charge is 2.55. The van der Waals surface area contributed by atoms with Crippen LogP contribution in [0.1, 0.15) is 79.6 Å². The van der Waals surface area contributed by atoms with E-state index < -0.39 is 58.0 Å². The largest absolute Gasteiger partial charge is 0.457 e. The Morgan fingerprint density at radius 3 is 1.86 bits per heavy atom. The molecule has 1 aromatic heterocycles. The molecule has 2 fully saturated rings. The molecule has 2 atom stereocenters. The van der Waals surface area contributed by atoms with Crippen molar-refractivity contribution in [2.45, 2.75) is 74.3 Å². The zero-order chi connectivity index (χ0) is 49.6. The molecule has 15 heteroatoms. The van der Waals surface area contributed by atoms with Crippen LogP contribution in [0.15, 0.2) is 186 Å². The fraction of sp³-hybridized carbons (Fsp3) is 0.250. The topological polar surface area (TPSA) is 149 Å². The summed E-state index contributed by atoms with van der Waals surface area (Å²) in [5.74, 6) is -2.13. The van der Waals surface area contributed by atoms with Gasteiger partial charge >= 0.3 is 11.9 Å². The SMILES string of the molecule is CC(C)(C)OC(=O)C1(O/N=C(\C(=O)NC2C(=O)N3C(C(=O)OC(c4ccccc4)c4ccccc4)=C(/C=C/CI)CSC23)c2csc(NC(c3ccccc3)(c3ccccc3)c3ccccc3)n2)CCC1. The molecular formula is C56H52IN5O7S2. The first-order chi connectivity index (χ1) is 34.4. The highest BCUT2D eigenvalue weighted by atomic mass is 127. The van der Waals surface area contributed by atoms with Gasteiger partial charge in [0.25, 0.3) is 11.8 Å². The number of carbonyl (C=O) groups is 4. The minimum atomic E-state index is -1.42. The number of oxime groups is 1. The number of esters is 2. The van der Waals surface area contributed by atoms with Gasteiger partial charge in [-0.1, -0.05) is 192 Å². The van der Waals surface area contributed by atoms with Gasteiger partial charge < -0.3 is 24.9 Å². The van der Waals surface area contributed by atoms with Crippen molar-refractivity contribution in [1.29, 1.82) is 0 Å². The number of benzene rings is 5. The summed E-state index contributed by atoms with van der Waals surface area (Å²) < 4.78 is 12.8. The number of rotatable bonds is 17. The summed E-state index contributed by atoms with van der Waals surface area (Å²) in [5.41, 5.74) is 1.93. The number of anilines is 1. The van der Waals surface area contributed by atoms with E-state index in [4.69, 9.17) is 19.3 Å². The molecule has 6 aromatic rings. The lowest BCUT2D eigenvalue weighted by Crippen LogP contribution is -2.71. The maximum absolute atomic E-state index is 14.8. The van der Waals surface area contributed by atoms with Gasteiger partial charge in [-0.05, 0) is 60.6 Å². The van der Waals surface area contributed by atoms with E-state index in [1.807, 2.05) is 127 Å². The summed E-state index contributed by atoms with van der Waals surface area (Å²) in [6.07, 6.45) is 4.39. The molecule has 2 N–H and O–H groups in total. The molecule has 2 unspecified atom stereocenters. The number of hydrogen-bond acceptors (Lipinski definition) is 12. The molecule has 5 aromatic carbocycles. The molecule has 3 heterocycles. The zero-order valence-corrected chi connectivity index (χ0v) is 43.1. The molecular weight excluding hydrogens is 1050 g/mol. The van der Waals surface area contributed by atoms with E-state index in [0.29, 0.717) is 40.1 Å². The molecule has 0 spiro atoms. The average Bonchev–Trinajstić information content (AvgIpc) is 3.84. The number of thioether (sulfide) groups is 1. The van der Waals surface area contributed by atoms with Crippen LogP contribution in [0.2, 0.25) is 0 Å². The minimum absolute atomic E-state index is 0.123. The summed E-state index contributed by atoms with van der Waals surface area (Å²) in [7, 11) is 0. The van der Waals surface area contributed by atoms with Gasteiger partial charge in [0, 0.05) is 28.4 Å². The number of nitrogens with zero attached hydrogens (tertiary/aromatic N) is 3. The van der Waals surface area contributed by atoms with Crippen molar-refractivity contribution in [3.05, 3.63) is 214 Å². The van der Waals surface area contributed by atoms with E-state index in [2.05, 4.69) is 74.8 Å². The van der Waals surface area contributed by atoms with Crippen molar-refractivity contribution >= 4 is 80.3 Å². The molecule has 3 aliphatic rings. The standard InChI is InChI=1S/C56H52IN5O7S2/c1-54(2,3)68-52(66)55(32-20-33-55)69-61-44(43-36-71-53(58-43)60-56(40-26-13-6-14-27-40,41-28-15-7-16-29-41)42-30-17-8-18-31-42)48(63)59-45-49(64)62-46(39(25-19-34-57)35-70-50(45)62)51(65)67-47(37-21-9-4-10-22-37)38-23-11-5-12-24-38/h4-19,21-31,36,45,47,50H,20,32-35H2,1-3H3,(H,58,60)(H,59,63)/b25-19+,61-44-. The smallest absolute Gasteiger partial charge is 0.356 e. The highest BCUT2D eigenvalue weighted by molar-refractivity contribution is 14.1. The molecule has 71 heavy (non-hydrogen) atoms. The molecule has 1 saturated heterocycles. The number of hydrogen-bond donors (Lipinski definition) is 2. The monoisotopic (exact) mass is 1100 g/mol. The fourth-order valence-corrected chi connectivity index (χ4v) is 11.1. The Kier molecular flexibility index (Phi) is 14.9. The summed E-state index contributed by atoms with van der Waals surface area (Å²) in [5, 5.41) is 12.6. The number of aromatic nitrogens is 1. The number of alkyl halides is 1. The number of carbonyl (C=O) groups excluding carboxylic acids is 4.